The zero-order valence-electron chi connectivity index (χ0n) is 18.7. The Morgan fingerprint density at radius 1 is 1.23 bits per heavy atom. The smallest absolute Gasteiger partial charge is 0.407 e. The van der Waals surface area contributed by atoms with Crippen molar-refractivity contribution < 1.29 is 19.1 Å². The van der Waals surface area contributed by atoms with Crippen molar-refractivity contribution in [3.05, 3.63) is 15.6 Å². The summed E-state index contributed by atoms with van der Waals surface area (Å²) in [5.41, 5.74) is 0.119. The Bertz CT molecular complexity index is 718. The first-order valence-electron chi connectivity index (χ1n) is 9.73. The van der Waals surface area contributed by atoms with Gasteiger partial charge < -0.3 is 25.4 Å². The van der Waals surface area contributed by atoms with Gasteiger partial charge in [0.15, 0.2) is 5.96 Å². The first-order valence-corrected chi connectivity index (χ1v) is 10.5. The first kappa shape index (κ1) is 28.4. The van der Waals surface area contributed by atoms with Crippen LogP contribution >= 0.6 is 35.3 Å². The van der Waals surface area contributed by atoms with Gasteiger partial charge in [-0.25, -0.2) is 14.6 Å². The fourth-order valence-corrected chi connectivity index (χ4v) is 3.18. The maximum atomic E-state index is 12.0. The van der Waals surface area contributed by atoms with Gasteiger partial charge >= 0.3 is 12.1 Å². The molecule has 0 aliphatic carbocycles. The molecule has 0 bridgehead atoms. The number of hydrogen-bond acceptors (Lipinski definition) is 7. The van der Waals surface area contributed by atoms with Crippen LogP contribution in [0.25, 0.3) is 0 Å². The summed E-state index contributed by atoms with van der Waals surface area (Å²) >= 11 is 1.31. The molecule has 0 fully saturated rings. The molecule has 11 heteroatoms. The molecule has 1 aromatic heterocycles. The Kier molecular flexibility index (Phi) is 12.9. The van der Waals surface area contributed by atoms with Crippen LogP contribution in [0.4, 0.5) is 4.79 Å². The molecule has 0 spiro atoms. The van der Waals surface area contributed by atoms with Gasteiger partial charge in [-0.3, -0.25) is 4.99 Å². The molecule has 1 aromatic rings. The largest absolute Gasteiger partial charge is 0.462 e. The van der Waals surface area contributed by atoms with Crippen LogP contribution in [0.1, 0.15) is 68.0 Å². The van der Waals surface area contributed by atoms with Gasteiger partial charge in [-0.05, 0) is 48.5 Å². The molecule has 3 N–H and O–H groups in total. The van der Waals surface area contributed by atoms with E-state index >= 15 is 0 Å². The highest BCUT2D eigenvalue weighted by molar-refractivity contribution is 14.0. The number of guanidine groups is 1. The number of aromatic nitrogens is 1. The lowest BCUT2D eigenvalue weighted by atomic mass is 10.2. The van der Waals surface area contributed by atoms with E-state index in [9.17, 15) is 9.59 Å². The number of alkyl carbamates (subject to hydrolysis) is 1. The third-order valence-electron chi connectivity index (χ3n) is 3.39. The topological polar surface area (TPSA) is 114 Å². The minimum atomic E-state index is -0.534. The zero-order chi connectivity index (χ0) is 22.0. The van der Waals surface area contributed by atoms with E-state index in [1.54, 1.807) is 13.8 Å². The molecule has 1 unspecified atom stereocenters. The van der Waals surface area contributed by atoms with Gasteiger partial charge in [0, 0.05) is 13.1 Å². The number of rotatable bonds is 8. The van der Waals surface area contributed by atoms with Crippen LogP contribution in [0.5, 0.6) is 0 Å². The number of halogens is 1. The minimum Gasteiger partial charge on any atom is -0.462 e. The SMILES string of the molecule is CCNC(=NCCNC(=O)OC(C)(C)C)NC(C)c1nc(C)c(C(=O)OCC)s1.I. The number of esters is 1. The third kappa shape index (κ3) is 10.4. The van der Waals surface area contributed by atoms with Crippen molar-refractivity contribution in [3.63, 3.8) is 0 Å². The second kappa shape index (κ2) is 13.6. The summed E-state index contributed by atoms with van der Waals surface area (Å²) in [6, 6.07) is -0.154. The number of ether oxygens (including phenoxy) is 2. The predicted molar refractivity (Wildman–Crippen MR) is 130 cm³/mol. The molecule has 9 nitrogen and oxygen atoms in total. The highest BCUT2D eigenvalue weighted by atomic mass is 127. The second-order valence-electron chi connectivity index (χ2n) is 7.24. The summed E-state index contributed by atoms with van der Waals surface area (Å²) in [6.07, 6.45) is -0.469. The lowest BCUT2D eigenvalue weighted by Crippen LogP contribution is -2.39. The Morgan fingerprint density at radius 3 is 2.47 bits per heavy atom. The summed E-state index contributed by atoms with van der Waals surface area (Å²) in [5.74, 6) is 0.242. The van der Waals surface area contributed by atoms with Crippen LogP contribution in [0.15, 0.2) is 4.99 Å². The molecule has 0 radical (unpaired) electrons. The fourth-order valence-electron chi connectivity index (χ4n) is 2.22. The van der Waals surface area contributed by atoms with Crippen molar-refractivity contribution in [2.24, 2.45) is 4.99 Å². The lowest BCUT2D eigenvalue weighted by Gasteiger charge is -2.19. The Morgan fingerprint density at radius 2 is 1.90 bits per heavy atom. The zero-order valence-corrected chi connectivity index (χ0v) is 21.9. The second-order valence-corrected chi connectivity index (χ2v) is 8.27. The third-order valence-corrected chi connectivity index (χ3v) is 4.71. The Labute approximate surface area is 199 Å². The van der Waals surface area contributed by atoms with Gasteiger partial charge in [0.25, 0.3) is 0 Å². The molecule has 1 atom stereocenters. The van der Waals surface area contributed by atoms with Crippen LogP contribution in [-0.4, -0.2) is 54.8 Å². The summed E-state index contributed by atoms with van der Waals surface area (Å²) in [5, 5.41) is 9.86. The van der Waals surface area contributed by atoms with Crippen LogP contribution in [0.3, 0.4) is 0 Å². The molecule has 0 saturated heterocycles. The molecule has 0 aromatic carbocycles. The highest BCUT2D eigenvalue weighted by Crippen LogP contribution is 2.24. The highest BCUT2D eigenvalue weighted by Gasteiger charge is 2.20. The molecular formula is C19H34IN5O4S. The number of nitrogens with one attached hydrogen (secondary N) is 3. The van der Waals surface area contributed by atoms with E-state index in [2.05, 4.69) is 25.9 Å². The van der Waals surface area contributed by atoms with Gasteiger partial charge in [0.2, 0.25) is 0 Å². The van der Waals surface area contributed by atoms with E-state index in [0.29, 0.717) is 42.8 Å². The lowest BCUT2D eigenvalue weighted by molar-refractivity contribution is 0.0519. The normalized spacial score (nSPS) is 12.4. The van der Waals surface area contributed by atoms with E-state index in [4.69, 9.17) is 9.47 Å². The number of amides is 1. The van der Waals surface area contributed by atoms with Gasteiger partial charge in [0.05, 0.1) is 24.9 Å². The number of aryl methyl sites for hydroxylation is 1. The number of aliphatic imine (C=N–C) groups is 1. The number of thiazole rings is 1. The van der Waals surface area contributed by atoms with Crippen molar-refractivity contribution >= 4 is 53.3 Å². The van der Waals surface area contributed by atoms with Crippen molar-refractivity contribution in [1.29, 1.82) is 0 Å². The number of nitrogens with zero attached hydrogens (tertiary/aromatic N) is 2. The van der Waals surface area contributed by atoms with Gasteiger partial charge in [-0.15, -0.1) is 35.3 Å². The summed E-state index contributed by atoms with van der Waals surface area (Å²) in [6.45, 7) is 14.7. The minimum absolute atomic E-state index is 0. The van der Waals surface area contributed by atoms with E-state index < -0.39 is 11.7 Å². The van der Waals surface area contributed by atoms with Crippen LogP contribution < -0.4 is 16.0 Å². The van der Waals surface area contributed by atoms with Gasteiger partial charge in [-0.2, -0.15) is 0 Å². The molecule has 172 valence electrons. The summed E-state index contributed by atoms with van der Waals surface area (Å²) in [4.78, 5) is 33.1. The quantitative estimate of drug-likeness (QED) is 0.148. The monoisotopic (exact) mass is 555 g/mol. The molecule has 0 aliphatic rings. The Hall–Kier alpha value is -1.63. The molecule has 30 heavy (non-hydrogen) atoms. The molecule has 0 saturated carbocycles. The molecular weight excluding hydrogens is 521 g/mol. The van der Waals surface area contributed by atoms with Crippen LogP contribution in [-0.2, 0) is 9.47 Å². The predicted octanol–water partition coefficient (Wildman–Crippen LogP) is 3.39. The molecule has 0 aliphatic heterocycles. The molecule has 1 heterocycles. The summed E-state index contributed by atoms with van der Waals surface area (Å²) < 4.78 is 10.3. The van der Waals surface area contributed by atoms with Gasteiger partial charge in [0.1, 0.15) is 15.5 Å². The summed E-state index contributed by atoms with van der Waals surface area (Å²) in [7, 11) is 0. The molecule has 1 amide bonds. The van der Waals surface area contributed by atoms with Gasteiger partial charge in [-0.1, -0.05) is 0 Å². The fraction of sp³-hybridized carbons (Fsp3) is 0.684. The van der Waals surface area contributed by atoms with Crippen LogP contribution in [0.2, 0.25) is 0 Å². The van der Waals surface area contributed by atoms with Crippen molar-refractivity contribution in [3.8, 4) is 0 Å². The van der Waals surface area contributed by atoms with Crippen molar-refractivity contribution in [1.82, 2.24) is 20.9 Å². The number of carbonyl (C=O) groups is 2. The maximum absolute atomic E-state index is 12.0. The average Bonchev–Trinajstić information content (AvgIpc) is 2.99. The van der Waals surface area contributed by atoms with E-state index in [1.807, 2.05) is 34.6 Å². The van der Waals surface area contributed by atoms with Crippen molar-refractivity contribution in [2.75, 3.05) is 26.2 Å². The Balaban J connectivity index is 0.00000841. The van der Waals surface area contributed by atoms with E-state index in [0.717, 1.165) is 5.01 Å². The van der Waals surface area contributed by atoms with Crippen molar-refractivity contribution in [2.45, 2.75) is 60.1 Å². The van der Waals surface area contributed by atoms with E-state index in [-0.39, 0.29) is 36.0 Å². The average molecular weight is 555 g/mol. The number of carbonyl (C=O) groups excluding carboxylic acids is 2. The van der Waals surface area contributed by atoms with Crippen LogP contribution in [0, 0.1) is 6.92 Å². The standard InChI is InChI=1S/C19H33N5O4S.HI/c1-8-20-17(21-10-11-22-18(26)28-19(5,6)7)24-13(4)15-23-12(3)14(29-15)16(25)27-9-2;/h13H,8-11H2,1-7H3,(H,22,26)(H2,20,21,24);1H. The number of hydrogen-bond donors (Lipinski definition) is 3. The molecule has 1 rings (SSSR count). The first-order chi connectivity index (χ1) is 13.6. The van der Waals surface area contributed by atoms with E-state index in [1.165, 1.54) is 11.3 Å². The maximum Gasteiger partial charge on any atom is 0.407 e.